The van der Waals surface area contributed by atoms with Gasteiger partial charge in [0.15, 0.2) is 5.78 Å². The molecular weight excluding hydrogens is 258 g/mol. The van der Waals surface area contributed by atoms with Crippen LogP contribution in [0.2, 0.25) is 0 Å². The number of Topliss-reactive ketones (excluding diaryl/α,β-unsaturated/α-hetero) is 1. The number of ketones is 1. The van der Waals surface area contributed by atoms with Crippen LogP contribution in [0, 0.1) is 0 Å². The minimum absolute atomic E-state index is 0.194. The van der Waals surface area contributed by atoms with E-state index in [2.05, 4.69) is 30.5 Å². The second kappa shape index (κ2) is 6.44. The lowest BCUT2D eigenvalue weighted by molar-refractivity contribution is 0.0531. The van der Waals surface area contributed by atoms with Crippen LogP contribution in [0.5, 0.6) is 0 Å². The molecule has 0 N–H and O–H groups in total. The zero-order valence-electron chi connectivity index (χ0n) is 11.6. The van der Waals surface area contributed by atoms with Crippen LogP contribution >= 0.6 is 12.6 Å². The molecule has 1 heterocycles. The zero-order chi connectivity index (χ0) is 13.8. The van der Waals surface area contributed by atoms with Crippen LogP contribution in [-0.2, 0) is 10.5 Å². The van der Waals surface area contributed by atoms with Gasteiger partial charge in [0.1, 0.15) is 0 Å². The van der Waals surface area contributed by atoms with E-state index in [-0.39, 0.29) is 11.9 Å². The maximum absolute atomic E-state index is 12.1. The molecule has 0 amide bonds. The van der Waals surface area contributed by atoms with Crippen molar-refractivity contribution < 1.29 is 9.53 Å². The first-order valence-electron chi connectivity index (χ1n) is 6.79. The second-order valence-corrected chi connectivity index (χ2v) is 5.23. The molecule has 1 fully saturated rings. The van der Waals surface area contributed by atoms with Gasteiger partial charge >= 0.3 is 0 Å². The van der Waals surface area contributed by atoms with E-state index in [1.165, 1.54) is 0 Å². The summed E-state index contributed by atoms with van der Waals surface area (Å²) in [5.41, 5.74) is 3.00. The maximum Gasteiger partial charge on any atom is 0.164 e. The third-order valence-electron chi connectivity index (χ3n) is 3.45. The number of carbonyl (C=O) groups is 1. The first-order chi connectivity index (χ1) is 9.15. The monoisotopic (exact) mass is 279 g/mol. The number of hydrogen-bond donors (Lipinski definition) is 1. The molecule has 104 valence electrons. The number of hydrogen-bond acceptors (Lipinski definition) is 4. The molecule has 19 heavy (non-hydrogen) atoms. The second-order valence-electron chi connectivity index (χ2n) is 4.91. The van der Waals surface area contributed by atoms with E-state index in [0.29, 0.717) is 18.8 Å². The third kappa shape index (κ3) is 3.31. The van der Waals surface area contributed by atoms with E-state index in [1.54, 1.807) is 0 Å². The Labute approximate surface area is 120 Å². The molecule has 0 radical (unpaired) electrons. The molecule has 1 unspecified atom stereocenters. The van der Waals surface area contributed by atoms with Gasteiger partial charge < -0.3 is 9.64 Å². The number of ether oxygens (including phenoxy) is 1. The summed E-state index contributed by atoms with van der Waals surface area (Å²) < 4.78 is 5.57. The van der Waals surface area contributed by atoms with Crippen molar-refractivity contribution in [3.8, 4) is 0 Å². The maximum atomic E-state index is 12.1. The number of morpholine rings is 1. The van der Waals surface area contributed by atoms with Crippen LogP contribution in [0.4, 0.5) is 5.69 Å². The lowest BCUT2D eigenvalue weighted by Crippen LogP contribution is -2.41. The summed E-state index contributed by atoms with van der Waals surface area (Å²) in [6.45, 7) is 6.35. The van der Waals surface area contributed by atoms with Crippen LogP contribution < -0.4 is 4.90 Å². The van der Waals surface area contributed by atoms with E-state index in [4.69, 9.17) is 4.74 Å². The Morgan fingerprint density at radius 2 is 2.32 bits per heavy atom. The van der Waals surface area contributed by atoms with Crippen molar-refractivity contribution in [2.75, 3.05) is 24.6 Å². The SMILES string of the molecule is CCC(=O)c1ccc(CS)cc1N1CCOC(C)C1. The number of benzene rings is 1. The number of thiol groups is 1. The summed E-state index contributed by atoms with van der Waals surface area (Å²) in [7, 11) is 0. The highest BCUT2D eigenvalue weighted by Gasteiger charge is 2.21. The molecule has 3 nitrogen and oxygen atoms in total. The highest BCUT2D eigenvalue weighted by atomic mass is 32.1. The predicted molar refractivity (Wildman–Crippen MR) is 81.4 cm³/mol. The van der Waals surface area contributed by atoms with E-state index in [1.807, 2.05) is 19.1 Å². The molecule has 0 bridgehead atoms. The fourth-order valence-electron chi connectivity index (χ4n) is 2.40. The van der Waals surface area contributed by atoms with Crippen LogP contribution in [0.1, 0.15) is 36.2 Å². The normalized spacial score (nSPS) is 19.5. The van der Waals surface area contributed by atoms with Crippen LogP contribution in [0.3, 0.4) is 0 Å². The van der Waals surface area contributed by atoms with Gasteiger partial charge in [-0.05, 0) is 24.6 Å². The minimum atomic E-state index is 0.194. The van der Waals surface area contributed by atoms with Crippen molar-refractivity contribution in [1.82, 2.24) is 0 Å². The largest absolute Gasteiger partial charge is 0.375 e. The fourth-order valence-corrected chi connectivity index (χ4v) is 2.60. The van der Waals surface area contributed by atoms with Gasteiger partial charge in [-0.1, -0.05) is 13.0 Å². The zero-order valence-corrected chi connectivity index (χ0v) is 12.5. The Hall–Kier alpha value is -1.00. The number of nitrogens with zero attached hydrogens (tertiary/aromatic N) is 1. The van der Waals surface area contributed by atoms with Crippen LogP contribution in [0.25, 0.3) is 0 Å². The van der Waals surface area contributed by atoms with Gasteiger partial charge in [0.05, 0.1) is 12.7 Å². The van der Waals surface area contributed by atoms with E-state index in [9.17, 15) is 4.79 Å². The van der Waals surface area contributed by atoms with Crippen molar-refractivity contribution in [2.45, 2.75) is 32.1 Å². The van der Waals surface area contributed by atoms with Crippen molar-refractivity contribution in [3.63, 3.8) is 0 Å². The van der Waals surface area contributed by atoms with Gasteiger partial charge in [-0.2, -0.15) is 12.6 Å². The van der Waals surface area contributed by atoms with Crippen molar-refractivity contribution in [3.05, 3.63) is 29.3 Å². The first kappa shape index (κ1) is 14.4. The fraction of sp³-hybridized carbons (Fsp3) is 0.533. The third-order valence-corrected chi connectivity index (χ3v) is 3.81. The highest BCUT2D eigenvalue weighted by Crippen LogP contribution is 2.26. The van der Waals surface area contributed by atoms with Gasteiger partial charge in [0, 0.05) is 36.5 Å². The quantitative estimate of drug-likeness (QED) is 0.679. The highest BCUT2D eigenvalue weighted by molar-refractivity contribution is 7.79. The summed E-state index contributed by atoms with van der Waals surface area (Å²) in [5, 5.41) is 0. The van der Waals surface area contributed by atoms with E-state index in [0.717, 1.165) is 29.9 Å². The van der Waals surface area contributed by atoms with Crippen molar-refractivity contribution in [2.24, 2.45) is 0 Å². The number of anilines is 1. The Morgan fingerprint density at radius 3 is 2.95 bits per heavy atom. The molecule has 1 aromatic carbocycles. The average Bonchev–Trinajstić information content (AvgIpc) is 2.45. The summed E-state index contributed by atoms with van der Waals surface area (Å²) in [6, 6.07) is 6.02. The summed E-state index contributed by atoms with van der Waals surface area (Å²) in [5.74, 6) is 0.882. The van der Waals surface area contributed by atoms with Gasteiger partial charge in [0.25, 0.3) is 0 Å². The molecule has 0 aliphatic carbocycles. The molecule has 0 spiro atoms. The predicted octanol–water partition coefficient (Wildman–Crippen LogP) is 2.93. The van der Waals surface area contributed by atoms with E-state index < -0.39 is 0 Å². The number of carbonyl (C=O) groups excluding carboxylic acids is 1. The molecule has 1 aromatic rings. The molecule has 2 rings (SSSR count). The Morgan fingerprint density at radius 1 is 1.53 bits per heavy atom. The molecule has 1 saturated heterocycles. The molecule has 0 saturated carbocycles. The van der Waals surface area contributed by atoms with Gasteiger partial charge in [-0.25, -0.2) is 0 Å². The average molecular weight is 279 g/mol. The molecule has 1 atom stereocenters. The smallest absolute Gasteiger partial charge is 0.164 e. The molecule has 0 aromatic heterocycles. The Kier molecular flexibility index (Phi) is 4.88. The Bertz CT molecular complexity index is 461. The Balaban J connectivity index is 2.36. The lowest BCUT2D eigenvalue weighted by atomic mass is 10.0. The summed E-state index contributed by atoms with van der Waals surface area (Å²) in [6.07, 6.45) is 0.741. The van der Waals surface area contributed by atoms with Gasteiger partial charge in [-0.15, -0.1) is 0 Å². The molecule has 4 heteroatoms. The molecule has 1 aliphatic rings. The molecular formula is C15H21NO2S. The van der Waals surface area contributed by atoms with E-state index >= 15 is 0 Å². The van der Waals surface area contributed by atoms with Crippen LogP contribution in [0.15, 0.2) is 18.2 Å². The van der Waals surface area contributed by atoms with Crippen molar-refractivity contribution >= 4 is 24.1 Å². The number of rotatable bonds is 4. The topological polar surface area (TPSA) is 29.5 Å². The summed E-state index contributed by atoms with van der Waals surface area (Å²) >= 11 is 4.32. The van der Waals surface area contributed by atoms with Gasteiger partial charge in [0.2, 0.25) is 0 Å². The lowest BCUT2D eigenvalue weighted by Gasteiger charge is -2.34. The van der Waals surface area contributed by atoms with Crippen molar-refractivity contribution in [1.29, 1.82) is 0 Å². The first-order valence-corrected chi connectivity index (χ1v) is 7.42. The minimum Gasteiger partial charge on any atom is -0.375 e. The summed E-state index contributed by atoms with van der Waals surface area (Å²) in [4.78, 5) is 14.3. The van der Waals surface area contributed by atoms with Crippen LogP contribution in [-0.4, -0.2) is 31.6 Å². The van der Waals surface area contributed by atoms with Gasteiger partial charge in [-0.3, -0.25) is 4.79 Å². The molecule has 1 aliphatic heterocycles. The standard InChI is InChI=1S/C15H21NO2S/c1-3-15(17)13-5-4-12(10-19)8-14(13)16-6-7-18-11(2)9-16/h4-5,8,11,19H,3,6-7,9-10H2,1-2H3.